The van der Waals surface area contributed by atoms with Crippen molar-refractivity contribution in [3.8, 4) is 5.75 Å². The molecule has 1 aliphatic heterocycles. The number of hydrogen-bond acceptors (Lipinski definition) is 4. The Kier molecular flexibility index (Phi) is 4.73. The molecule has 2 aromatic carbocycles. The molecule has 1 saturated heterocycles. The van der Waals surface area contributed by atoms with E-state index in [1.807, 2.05) is 24.3 Å². The Balaban J connectivity index is 1.54. The number of benzene rings is 2. The van der Waals surface area contributed by atoms with Gasteiger partial charge in [0.2, 0.25) is 0 Å². The minimum atomic E-state index is -1.14. The highest BCUT2D eigenvalue weighted by atomic mass is 35.5. The van der Waals surface area contributed by atoms with Crippen LogP contribution in [-0.4, -0.2) is 29.4 Å². The van der Waals surface area contributed by atoms with Crippen LogP contribution in [0.5, 0.6) is 5.75 Å². The van der Waals surface area contributed by atoms with Crippen LogP contribution in [0.2, 0.25) is 15.1 Å². The average Bonchev–Trinajstić information content (AvgIpc) is 3.12. The number of esters is 1. The van der Waals surface area contributed by atoms with Crippen molar-refractivity contribution in [3.63, 3.8) is 0 Å². The lowest BCUT2D eigenvalue weighted by Gasteiger charge is -2.22. The molecule has 1 spiro atoms. The number of fused-ring (bicyclic) bond motifs is 2. The molecular formula is C19H13Cl3N2O4. The molecule has 1 heterocycles. The summed E-state index contributed by atoms with van der Waals surface area (Å²) in [5, 5.41) is 3.12. The van der Waals surface area contributed by atoms with Crippen LogP contribution in [-0.2, 0) is 21.5 Å². The number of amides is 3. The molecule has 1 fully saturated rings. The number of carbonyl (C=O) groups excluding carboxylic acids is 3. The van der Waals surface area contributed by atoms with Gasteiger partial charge >= 0.3 is 12.0 Å². The number of ether oxygens (including phenoxy) is 1. The van der Waals surface area contributed by atoms with Crippen LogP contribution in [0.25, 0.3) is 0 Å². The molecule has 0 radical (unpaired) electrons. The van der Waals surface area contributed by atoms with E-state index in [1.165, 1.54) is 12.1 Å². The molecule has 1 aliphatic carbocycles. The van der Waals surface area contributed by atoms with E-state index in [-0.39, 0.29) is 20.8 Å². The van der Waals surface area contributed by atoms with Gasteiger partial charge in [0, 0.05) is 5.02 Å². The van der Waals surface area contributed by atoms with E-state index in [0.29, 0.717) is 12.8 Å². The number of carbonyl (C=O) groups is 3. The van der Waals surface area contributed by atoms with Gasteiger partial charge in [0.15, 0.2) is 5.75 Å². The summed E-state index contributed by atoms with van der Waals surface area (Å²) in [6.45, 7) is -0.566. The van der Waals surface area contributed by atoms with Crippen LogP contribution in [0.3, 0.4) is 0 Å². The lowest BCUT2D eigenvalue weighted by atomic mass is 9.92. The van der Waals surface area contributed by atoms with Gasteiger partial charge in [0.25, 0.3) is 5.91 Å². The fraction of sp³-hybridized carbons (Fsp3) is 0.211. The zero-order chi connectivity index (χ0) is 20.1. The standard InChI is InChI=1S/C19H13Cl3N2O4/c20-11-7-13(21)16(14(22)8-11)28-15(25)9-24-17(26)19(23-18(24)27)6-5-10-3-1-2-4-12(10)19/h1-4,7-8H,5-6,9H2,(H,23,27). The van der Waals surface area contributed by atoms with Gasteiger partial charge in [-0.2, -0.15) is 0 Å². The molecule has 0 aromatic heterocycles. The van der Waals surface area contributed by atoms with Gasteiger partial charge in [0.05, 0.1) is 10.0 Å². The zero-order valence-corrected chi connectivity index (χ0v) is 16.6. The van der Waals surface area contributed by atoms with E-state index in [4.69, 9.17) is 39.5 Å². The van der Waals surface area contributed by atoms with Crippen LogP contribution in [0.15, 0.2) is 36.4 Å². The first-order chi connectivity index (χ1) is 13.3. The number of nitrogens with one attached hydrogen (secondary N) is 1. The number of urea groups is 1. The SMILES string of the molecule is O=C(CN1C(=O)NC2(CCc3ccccc32)C1=O)Oc1c(Cl)cc(Cl)cc1Cl. The van der Waals surface area contributed by atoms with Gasteiger partial charge in [-0.25, -0.2) is 9.59 Å². The maximum Gasteiger partial charge on any atom is 0.331 e. The van der Waals surface area contributed by atoms with E-state index in [1.54, 1.807) is 0 Å². The van der Waals surface area contributed by atoms with Crippen LogP contribution in [0.4, 0.5) is 4.79 Å². The Labute approximate surface area is 175 Å². The second-order valence-electron chi connectivity index (χ2n) is 6.56. The number of nitrogens with zero attached hydrogens (tertiary/aromatic N) is 1. The van der Waals surface area contributed by atoms with Crippen molar-refractivity contribution >= 4 is 52.7 Å². The highest BCUT2D eigenvalue weighted by molar-refractivity contribution is 6.40. The smallest absolute Gasteiger partial charge is 0.331 e. The molecule has 0 saturated carbocycles. The molecule has 2 aliphatic rings. The summed E-state index contributed by atoms with van der Waals surface area (Å²) < 4.78 is 5.17. The molecule has 1 N–H and O–H groups in total. The summed E-state index contributed by atoms with van der Waals surface area (Å²) in [6.07, 6.45) is 1.10. The number of imide groups is 1. The number of hydrogen-bond donors (Lipinski definition) is 1. The predicted molar refractivity (Wildman–Crippen MR) is 104 cm³/mol. The molecule has 3 amide bonds. The van der Waals surface area contributed by atoms with Crippen molar-refractivity contribution in [2.24, 2.45) is 0 Å². The highest BCUT2D eigenvalue weighted by Gasteiger charge is 2.55. The van der Waals surface area contributed by atoms with E-state index >= 15 is 0 Å². The third kappa shape index (κ3) is 3.02. The Morgan fingerprint density at radius 1 is 1.14 bits per heavy atom. The first kappa shape index (κ1) is 19.1. The van der Waals surface area contributed by atoms with Crippen molar-refractivity contribution < 1.29 is 19.1 Å². The summed E-state index contributed by atoms with van der Waals surface area (Å²) in [5.41, 5.74) is 0.622. The lowest BCUT2D eigenvalue weighted by molar-refractivity contribution is -0.141. The van der Waals surface area contributed by atoms with E-state index < -0.39 is 30.0 Å². The maximum atomic E-state index is 13.0. The minimum Gasteiger partial charge on any atom is -0.422 e. The molecule has 1 unspecified atom stereocenters. The fourth-order valence-corrected chi connectivity index (χ4v) is 4.53. The highest BCUT2D eigenvalue weighted by Crippen LogP contribution is 2.41. The summed E-state index contributed by atoms with van der Waals surface area (Å²) in [4.78, 5) is 38.7. The third-order valence-electron chi connectivity index (χ3n) is 4.89. The Morgan fingerprint density at radius 3 is 2.54 bits per heavy atom. The van der Waals surface area contributed by atoms with Crippen molar-refractivity contribution in [3.05, 3.63) is 62.6 Å². The molecule has 6 nitrogen and oxygen atoms in total. The summed E-state index contributed by atoms with van der Waals surface area (Å²) in [7, 11) is 0. The van der Waals surface area contributed by atoms with Crippen molar-refractivity contribution in [1.29, 1.82) is 0 Å². The summed E-state index contributed by atoms with van der Waals surface area (Å²) >= 11 is 17.8. The largest absolute Gasteiger partial charge is 0.422 e. The zero-order valence-electron chi connectivity index (χ0n) is 14.3. The quantitative estimate of drug-likeness (QED) is 0.446. The Hall–Kier alpha value is -2.28. The van der Waals surface area contributed by atoms with Gasteiger partial charge in [-0.15, -0.1) is 0 Å². The summed E-state index contributed by atoms with van der Waals surface area (Å²) in [6, 6.07) is 9.53. The normalized spacial score (nSPS) is 20.5. The van der Waals surface area contributed by atoms with Crippen LogP contribution >= 0.6 is 34.8 Å². The van der Waals surface area contributed by atoms with E-state index in [0.717, 1.165) is 16.0 Å². The second kappa shape index (κ2) is 6.95. The first-order valence-electron chi connectivity index (χ1n) is 8.39. The predicted octanol–water partition coefficient (Wildman–Crippen LogP) is 3.95. The third-order valence-corrected chi connectivity index (χ3v) is 5.67. The number of halogens is 3. The molecule has 9 heteroatoms. The Morgan fingerprint density at radius 2 is 1.82 bits per heavy atom. The molecule has 144 valence electrons. The maximum absolute atomic E-state index is 13.0. The summed E-state index contributed by atoms with van der Waals surface area (Å²) in [5.74, 6) is -1.41. The van der Waals surface area contributed by atoms with Gasteiger partial charge in [0.1, 0.15) is 12.1 Å². The minimum absolute atomic E-state index is 0.0456. The van der Waals surface area contributed by atoms with Gasteiger partial charge in [-0.3, -0.25) is 9.69 Å². The monoisotopic (exact) mass is 438 g/mol. The van der Waals surface area contributed by atoms with E-state index in [2.05, 4.69) is 5.32 Å². The van der Waals surface area contributed by atoms with Crippen LogP contribution in [0, 0.1) is 0 Å². The molecule has 28 heavy (non-hydrogen) atoms. The fourth-order valence-electron chi connectivity index (χ4n) is 3.63. The van der Waals surface area contributed by atoms with Crippen LogP contribution < -0.4 is 10.1 Å². The number of rotatable bonds is 3. The van der Waals surface area contributed by atoms with Crippen molar-refractivity contribution in [2.75, 3.05) is 6.54 Å². The molecule has 4 rings (SSSR count). The molecule has 0 bridgehead atoms. The molecule has 2 aromatic rings. The van der Waals surface area contributed by atoms with Gasteiger partial charge < -0.3 is 10.1 Å². The number of aryl methyl sites for hydroxylation is 1. The first-order valence-corrected chi connectivity index (χ1v) is 9.53. The van der Waals surface area contributed by atoms with Gasteiger partial charge in [-0.05, 0) is 36.1 Å². The van der Waals surface area contributed by atoms with Gasteiger partial charge in [-0.1, -0.05) is 59.1 Å². The van der Waals surface area contributed by atoms with Crippen molar-refractivity contribution in [1.82, 2.24) is 10.2 Å². The second-order valence-corrected chi connectivity index (χ2v) is 7.81. The average molecular weight is 440 g/mol. The molecule has 1 atom stereocenters. The lowest BCUT2D eigenvalue weighted by Crippen LogP contribution is -2.42. The Bertz CT molecular complexity index is 1000. The van der Waals surface area contributed by atoms with Crippen molar-refractivity contribution in [2.45, 2.75) is 18.4 Å². The van der Waals surface area contributed by atoms with Crippen LogP contribution in [0.1, 0.15) is 17.5 Å². The molecular weight excluding hydrogens is 427 g/mol. The topological polar surface area (TPSA) is 75.7 Å². The van der Waals surface area contributed by atoms with E-state index in [9.17, 15) is 14.4 Å².